The molecule has 1 aliphatic heterocycles. The third kappa shape index (κ3) is 6.70. The third-order valence-corrected chi connectivity index (χ3v) is 6.43. The number of hydrogen-bond acceptors (Lipinski definition) is 5. The molecule has 0 N–H and O–H groups in total. The molecule has 1 aromatic heterocycles. The van der Waals surface area contributed by atoms with Gasteiger partial charge in [-0.15, -0.1) is 0 Å². The van der Waals surface area contributed by atoms with Crippen molar-refractivity contribution >= 4 is 17.5 Å². The normalized spacial score (nSPS) is 15.3. The van der Waals surface area contributed by atoms with Gasteiger partial charge in [-0.05, 0) is 55.5 Å². The minimum Gasteiger partial charge on any atom is -0.326 e. The van der Waals surface area contributed by atoms with Crippen LogP contribution in [0.5, 0.6) is 0 Å². The Labute approximate surface area is 206 Å². The van der Waals surface area contributed by atoms with E-state index in [1.807, 2.05) is 30.3 Å². The first kappa shape index (κ1) is 24.5. The van der Waals surface area contributed by atoms with Crippen LogP contribution in [0.1, 0.15) is 40.7 Å². The predicted octanol–water partition coefficient (Wildman–Crippen LogP) is 3.96. The first-order valence-electron chi connectivity index (χ1n) is 12.2. The summed E-state index contributed by atoms with van der Waals surface area (Å²) in [4.78, 5) is 46.8. The average molecular weight is 470 g/mol. The van der Waals surface area contributed by atoms with Crippen molar-refractivity contribution in [2.45, 2.75) is 38.3 Å². The fourth-order valence-electron chi connectivity index (χ4n) is 4.63. The third-order valence-electron chi connectivity index (χ3n) is 6.43. The molecule has 0 radical (unpaired) electrons. The topological polar surface area (TPSA) is 70.6 Å². The molecule has 180 valence electrons. The summed E-state index contributed by atoms with van der Waals surface area (Å²) in [5.41, 5.74) is 2.72. The lowest BCUT2D eigenvalue weighted by Gasteiger charge is -2.27. The molecule has 1 amide bonds. The molecule has 4 rings (SSSR count). The number of nitrogens with zero attached hydrogens (tertiary/aromatic N) is 3. The number of aryl methyl sites for hydroxylation is 1. The SMILES string of the molecule is O=C(C(=O)N1CCC[C@H]1C(=O)CN(CCCc1ccccc1)Cc1ccncc1)c1ccccc1. The van der Waals surface area contributed by atoms with Crippen LogP contribution in [-0.2, 0) is 22.6 Å². The first-order chi connectivity index (χ1) is 17.1. The maximum atomic E-state index is 13.4. The highest BCUT2D eigenvalue weighted by Gasteiger charge is 2.37. The molecule has 6 heteroatoms. The van der Waals surface area contributed by atoms with E-state index in [1.54, 1.807) is 42.7 Å². The molecule has 1 aliphatic rings. The molecule has 1 saturated heterocycles. The maximum Gasteiger partial charge on any atom is 0.295 e. The molecular formula is C29H31N3O3. The summed E-state index contributed by atoms with van der Waals surface area (Å²) in [5.74, 6) is -1.15. The van der Waals surface area contributed by atoms with Crippen LogP contribution in [-0.4, -0.2) is 57.9 Å². The Morgan fingerprint density at radius 3 is 2.29 bits per heavy atom. The summed E-state index contributed by atoms with van der Waals surface area (Å²) in [6.45, 7) is 2.07. The van der Waals surface area contributed by atoms with Gasteiger partial charge >= 0.3 is 0 Å². The van der Waals surface area contributed by atoms with E-state index in [9.17, 15) is 14.4 Å². The van der Waals surface area contributed by atoms with Crippen LogP contribution >= 0.6 is 0 Å². The lowest BCUT2D eigenvalue weighted by Crippen LogP contribution is -2.47. The summed E-state index contributed by atoms with van der Waals surface area (Å²) >= 11 is 0. The minimum absolute atomic E-state index is 0.00882. The molecule has 0 unspecified atom stereocenters. The molecule has 0 saturated carbocycles. The molecule has 0 aliphatic carbocycles. The van der Waals surface area contributed by atoms with Gasteiger partial charge in [-0.1, -0.05) is 60.7 Å². The maximum absolute atomic E-state index is 13.4. The summed E-state index contributed by atoms with van der Waals surface area (Å²) in [5, 5.41) is 0. The highest BCUT2D eigenvalue weighted by molar-refractivity contribution is 6.43. The summed E-state index contributed by atoms with van der Waals surface area (Å²) in [6, 6.07) is 22.2. The Bertz CT molecular complexity index is 1120. The molecule has 2 aromatic carbocycles. The smallest absolute Gasteiger partial charge is 0.295 e. The van der Waals surface area contributed by atoms with Gasteiger partial charge in [0.15, 0.2) is 5.78 Å². The van der Waals surface area contributed by atoms with E-state index in [0.29, 0.717) is 25.1 Å². The monoisotopic (exact) mass is 469 g/mol. The van der Waals surface area contributed by atoms with Crippen molar-refractivity contribution in [1.82, 2.24) is 14.8 Å². The molecule has 1 fully saturated rings. The van der Waals surface area contributed by atoms with Crippen molar-refractivity contribution in [1.29, 1.82) is 0 Å². The fraction of sp³-hybridized carbons (Fsp3) is 0.310. The van der Waals surface area contributed by atoms with Crippen molar-refractivity contribution in [3.8, 4) is 0 Å². The van der Waals surface area contributed by atoms with Crippen LogP contribution in [0.15, 0.2) is 85.2 Å². The summed E-state index contributed by atoms with van der Waals surface area (Å²) in [6.07, 6.45) is 6.68. The average Bonchev–Trinajstić information content (AvgIpc) is 3.40. The van der Waals surface area contributed by atoms with Crippen molar-refractivity contribution in [3.05, 3.63) is 102 Å². The van der Waals surface area contributed by atoms with Crippen LogP contribution in [0.3, 0.4) is 0 Å². The number of Topliss-reactive ketones (excluding diaryl/α,β-unsaturated/α-hetero) is 2. The number of ketones is 2. The Balaban J connectivity index is 1.41. The van der Waals surface area contributed by atoms with Gasteiger partial charge in [0.25, 0.3) is 5.91 Å². The number of likely N-dealkylation sites (tertiary alicyclic amines) is 1. The number of aromatic nitrogens is 1. The molecule has 0 spiro atoms. The van der Waals surface area contributed by atoms with Crippen LogP contribution < -0.4 is 0 Å². The molecule has 3 aromatic rings. The fourth-order valence-corrected chi connectivity index (χ4v) is 4.63. The number of benzene rings is 2. The zero-order valence-corrected chi connectivity index (χ0v) is 19.9. The van der Waals surface area contributed by atoms with E-state index in [4.69, 9.17) is 0 Å². The number of carbonyl (C=O) groups excluding carboxylic acids is 3. The van der Waals surface area contributed by atoms with Crippen LogP contribution in [0, 0.1) is 0 Å². The second-order valence-corrected chi connectivity index (χ2v) is 8.97. The Hall–Kier alpha value is -3.64. The van der Waals surface area contributed by atoms with E-state index in [2.05, 4.69) is 22.0 Å². The number of rotatable bonds is 11. The Kier molecular flexibility index (Phi) is 8.52. The highest BCUT2D eigenvalue weighted by atomic mass is 16.2. The largest absolute Gasteiger partial charge is 0.326 e. The van der Waals surface area contributed by atoms with Gasteiger partial charge < -0.3 is 4.90 Å². The number of carbonyl (C=O) groups is 3. The van der Waals surface area contributed by atoms with E-state index in [1.165, 1.54) is 10.5 Å². The van der Waals surface area contributed by atoms with Crippen LogP contribution in [0.4, 0.5) is 0 Å². The number of amides is 1. The van der Waals surface area contributed by atoms with Crippen LogP contribution in [0.2, 0.25) is 0 Å². The van der Waals surface area contributed by atoms with E-state index in [0.717, 1.165) is 31.4 Å². The van der Waals surface area contributed by atoms with E-state index < -0.39 is 17.7 Å². The lowest BCUT2D eigenvalue weighted by atomic mass is 10.1. The molecule has 6 nitrogen and oxygen atoms in total. The van der Waals surface area contributed by atoms with Crippen LogP contribution in [0.25, 0.3) is 0 Å². The van der Waals surface area contributed by atoms with Crippen molar-refractivity contribution in [2.24, 2.45) is 0 Å². The summed E-state index contributed by atoms with van der Waals surface area (Å²) in [7, 11) is 0. The van der Waals surface area contributed by atoms with Crippen molar-refractivity contribution in [3.63, 3.8) is 0 Å². The lowest BCUT2D eigenvalue weighted by molar-refractivity contribution is -0.134. The number of pyridine rings is 1. The molecule has 2 heterocycles. The zero-order chi connectivity index (χ0) is 24.5. The second kappa shape index (κ2) is 12.2. The zero-order valence-electron chi connectivity index (χ0n) is 19.9. The van der Waals surface area contributed by atoms with Crippen molar-refractivity contribution in [2.75, 3.05) is 19.6 Å². The second-order valence-electron chi connectivity index (χ2n) is 8.97. The molecule has 1 atom stereocenters. The van der Waals surface area contributed by atoms with Gasteiger partial charge in [0, 0.05) is 31.0 Å². The molecule has 35 heavy (non-hydrogen) atoms. The minimum atomic E-state index is -0.586. The van der Waals surface area contributed by atoms with Gasteiger partial charge in [-0.25, -0.2) is 0 Å². The van der Waals surface area contributed by atoms with Gasteiger partial charge in [0.05, 0.1) is 12.6 Å². The Morgan fingerprint density at radius 2 is 1.57 bits per heavy atom. The highest BCUT2D eigenvalue weighted by Crippen LogP contribution is 2.21. The molecular weight excluding hydrogens is 438 g/mol. The van der Waals surface area contributed by atoms with E-state index >= 15 is 0 Å². The first-order valence-corrected chi connectivity index (χ1v) is 12.2. The van der Waals surface area contributed by atoms with Gasteiger partial charge in [-0.2, -0.15) is 0 Å². The predicted molar refractivity (Wildman–Crippen MR) is 135 cm³/mol. The van der Waals surface area contributed by atoms with Gasteiger partial charge in [0.1, 0.15) is 0 Å². The standard InChI is InChI=1S/C29H31N3O3/c33-27(26-14-8-20-32(26)29(35)28(34)25-12-5-2-6-13-25)22-31(21-24-15-17-30-18-16-24)19-7-11-23-9-3-1-4-10-23/h1-6,9-10,12-13,15-18,26H,7-8,11,14,19-22H2/t26-/m0/s1. The quantitative estimate of drug-likeness (QED) is 0.314. The molecule has 0 bridgehead atoms. The van der Waals surface area contributed by atoms with Crippen molar-refractivity contribution < 1.29 is 14.4 Å². The van der Waals surface area contributed by atoms with Gasteiger partial charge in [-0.3, -0.25) is 24.3 Å². The van der Waals surface area contributed by atoms with E-state index in [-0.39, 0.29) is 12.3 Å². The summed E-state index contributed by atoms with van der Waals surface area (Å²) < 4.78 is 0. The number of hydrogen-bond donors (Lipinski definition) is 0. The Morgan fingerprint density at radius 1 is 0.886 bits per heavy atom. The van der Waals surface area contributed by atoms with Gasteiger partial charge in [0.2, 0.25) is 5.78 Å².